The molecule has 16 heavy (non-hydrogen) atoms. The van der Waals surface area contributed by atoms with Crippen LogP contribution in [0, 0.1) is 0 Å². The fourth-order valence-electron chi connectivity index (χ4n) is 1.21. The van der Waals surface area contributed by atoms with Crippen molar-refractivity contribution in [2.24, 2.45) is 0 Å². The average molecular weight is 290 g/mol. The summed E-state index contributed by atoms with van der Waals surface area (Å²) in [7, 11) is 0. The van der Waals surface area contributed by atoms with E-state index < -0.39 is 11.9 Å². The van der Waals surface area contributed by atoms with Crippen molar-refractivity contribution in [2.75, 3.05) is 6.54 Å². The molecule has 88 valence electrons. The van der Waals surface area contributed by atoms with Gasteiger partial charge in [-0.25, -0.2) is 0 Å². The molecule has 1 heterocycles. The van der Waals surface area contributed by atoms with Crippen molar-refractivity contribution in [3.63, 3.8) is 0 Å². The van der Waals surface area contributed by atoms with Gasteiger partial charge in [0.25, 0.3) is 5.91 Å². The fraction of sp³-hybridized carbons (Fsp3) is 0.400. The van der Waals surface area contributed by atoms with Gasteiger partial charge in [0.1, 0.15) is 6.54 Å². The number of carbonyl (C=O) groups excluding carboxylic acids is 1. The van der Waals surface area contributed by atoms with E-state index in [9.17, 15) is 9.59 Å². The first-order valence-corrected chi connectivity index (χ1v) is 5.49. The van der Waals surface area contributed by atoms with Gasteiger partial charge in [0.15, 0.2) is 10.4 Å². The molecule has 0 aliphatic rings. The number of furan rings is 1. The topological polar surface area (TPSA) is 70.8 Å². The number of carboxylic acids is 1. The van der Waals surface area contributed by atoms with E-state index in [1.807, 2.05) is 0 Å². The minimum absolute atomic E-state index is 0.127. The third-order valence-electron chi connectivity index (χ3n) is 1.97. The van der Waals surface area contributed by atoms with Crippen molar-refractivity contribution in [1.29, 1.82) is 0 Å². The highest BCUT2D eigenvalue weighted by Crippen LogP contribution is 2.16. The van der Waals surface area contributed by atoms with Crippen LogP contribution in [-0.4, -0.2) is 34.5 Å². The average Bonchev–Trinajstić information content (AvgIpc) is 2.59. The summed E-state index contributed by atoms with van der Waals surface area (Å²) in [6.45, 7) is 3.16. The summed E-state index contributed by atoms with van der Waals surface area (Å²) < 4.78 is 5.53. The second kappa shape index (κ2) is 5.16. The van der Waals surface area contributed by atoms with Gasteiger partial charge in [-0.1, -0.05) is 0 Å². The first-order chi connectivity index (χ1) is 7.41. The van der Waals surface area contributed by atoms with Crippen molar-refractivity contribution >= 4 is 27.8 Å². The number of amides is 1. The molecular weight excluding hydrogens is 278 g/mol. The molecule has 0 atom stereocenters. The van der Waals surface area contributed by atoms with Crippen molar-refractivity contribution in [3.05, 3.63) is 22.6 Å². The number of hydrogen-bond acceptors (Lipinski definition) is 3. The number of halogens is 1. The summed E-state index contributed by atoms with van der Waals surface area (Å²) in [6, 6.07) is 2.89. The molecule has 0 saturated carbocycles. The second-order valence-corrected chi connectivity index (χ2v) is 4.31. The van der Waals surface area contributed by atoms with Crippen LogP contribution < -0.4 is 0 Å². The zero-order valence-electron chi connectivity index (χ0n) is 8.94. The maximum atomic E-state index is 11.9. The van der Waals surface area contributed by atoms with Crippen LogP contribution in [0.2, 0.25) is 0 Å². The van der Waals surface area contributed by atoms with Crippen molar-refractivity contribution in [2.45, 2.75) is 19.9 Å². The Bertz CT molecular complexity index is 399. The molecule has 0 fully saturated rings. The first-order valence-electron chi connectivity index (χ1n) is 4.70. The Morgan fingerprint density at radius 3 is 2.50 bits per heavy atom. The highest BCUT2D eigenvalue weighted by molar-refractivity contribution is 9.10. The molecule has 0 unspecified atom stereocenters. The quantitative estimate of drug-likeness (QED) is 0.920. The molecule has 0 bridgehead atoms. The Labute approximate surface area is 101 Å². The van der Waals surface area contributed by atoms with Crippen LogP contribution in [0.3, 0.4) is 0 Å². The smallest absolute Gasteiger partial charge is 0.323 e. The van der Waals surface area contributed by atoms with Crippen LogP contribution >= 0.6 is 15.9 Å². The van der Waals surface area contributed by atoms with Gasteiger partial charge in [0.05, 0.1) is 0 Å². The summed E-state index contributed by atoms with van der Waals surface area (Å²) in [5, 5.41) is 8.70. The number of carbonyl (C=O) groups is 2. The van der Waals surface area contributed by atoms with E-state index in [4.69, 9.17) is 9.52 Å². The van der Waals surface area contributed by atoms with E-state index in [0.29, 0.717) is 4.67 Å². The highest BCUT2D eigenvalue weighted by Gasteiger charge is 2.23. The number of rotatable bonds is 4. The lowest BCUT2D eigenvalue weighted by Gasteiger charge is -2.23. The molecule has 1 N–H and O–H groups in total. The first kappa shape index (κ1) is 12.8. The van der Waals surface area contributed by atoms with Gasteiger partial charge in [-0.3, -0.25) is 9.59 Å². The Balaban J connectivity index is 2.87. The highest BCUT2D eigenvalue weighted by atomic mass is 79.9. The second-order valence-electron chi connectivity index (χ2n) is 3.52. The van der Waals surface area contributed by atoms with E-state index in [0.717, 1.165) is 0 Å². The van der Waals surface area contributed by atoms with Gasteiger partial charge in [-0.05, 0) is 41.9 Å². The third kappa shape index (κ3) is 3.10. The summed E-state index contributed by atoms with van der Waals surface area (Å²) in [5.41, 5.74) is 0. The largest absolute Gasteiger partial charge is 0.480 e. The maximum absolute atomic E-state index is 11.9. The number of nitrogens with zero attached hydrogens (tertiary/aromatic N) is 1. The van der Waals surface area contributed by atoms with Crippen LogP contribution in [0.5, 0.6) is 0 Å². The molecular formula is C10H12BrNO4. The Morgan fingerprint density at radius 2 is 2.12 bits per heavy atom. The lowest BCUT2D eigenvalue weighted by molar-refractivity contribution is -0.138. The molecule has 1 aromatic rings. The molecule has 0 aliphatic carbocycles. The Morgan fingerprint density at radius 1 is 1.50 bits per heavy atom. The van der Waals surface area contributed by atoms with E-state index in [-0.39, 0.29) is 18.3 Å². The molecule has 1 rings (SSSR count). The van der Waals surface area contributed by atoms with Gasteiger partial charge in [0.2, 0.25) is 0 Å². The van der Waals surface area contributed by atoms with Gasteiger partial charge < -0.3 is 14.4 Å². The molecule has 1 amide bonds. The summed E-state index contributed by atoms with van der Waals surface area (Å²) in [6.07, 6.45) is 0. The number of carboxylic acid groups (broad SMARTS) is 1. The molecule has 5 nitrogen and oxygen atoms in total. The Hall–Kier alpha value is -1.30. The minimum atomic E-state index is -1.05. The normalized spacial score (nSPS) is 10.5. The lowest BCUT2D eigenvalue weighted by atomic mass is 10.3. The minimum Gasteiger partial charge on any atom is -0.480 e. The zero-order valence-corrected chi connectivity index (χ0v) is 10.5. The van der Waals surface area contributed by atoms with E-state index in [1.54, 1.807) is 19.9 Å². The van der Waals surface area contributed by atoms with Gasteiger partial charge in [0, 0.05) is 6.04 Å². The van der Waals surface area contributed by atoms with Gasteiger partial charge >= 0.3 is 5.97 Å². The summed E-state index contributed by atoms with van der Waals surface area (Å²) >= 11 is 3.08. The standard InChI is InChI=1S/C10H12BrNO4/c1-6(2)12(5-9(13)14)10(15)7-3-4-8(11)16-7/h3-4,6H,5H2,1-2H3,(H,13,14). The summed E-state index contributed by atoms with van der Waals surface area (Å²) in [4.78, 5) is 23.7. The SMILES string of the molecule is CC(C)N(CC(=O)O)C(=O)c1ccc(Br)o1. The predicted octanol–water partition coefficient (Wildman–Crippen LogP) is 1.98. The van der Waals surface area contributed by atoms with Crippen molar-refractivity contribution < 1.29 is 19.1 Å². The van der Waals surface area contributed by atoms with Crippen LogP contribution in [0.25, 0.3) is 0 Å². The molecule has 0 spiro atoms. The lowest BCUT2D eigenvalue weighted by Crippen LogP contribution is -2.40. The zero-order chi connectivity index (χ0) is 12.3. The fourth-order valence-corrected chi connectivity index (χ4v) is 1.51. The summed E-state index contributed by atoms with van der Waals surface area (Å²) in [5.74, 6) is -1.35. The van der Waals surface area contributed by atoms with Gasteiger partial charge in [-0.15, -0.1) is 0 Å². The molecule has 0 aliphatic heterocycles. The third-order valence-corrected chi connectivity index (χ3v) is 2.40. The molecule has 6 heteroatoms. The van der Waals surface area contributed by atoms with Gasteiger partial charge in [-0.2, -0.15) is 0 Å². The maximum Gasteiger partial charge on any atom is 0.323 e. The molecule has 0 radical (unpaired) electrons. The number of hydrogen-bond donors (Lipinski definition) is 1. The van der Waals surface area contributed by atoms with E-state index >= 15 is 0 Å². The monoisotopic (exact) mass is 289 g/mol. The van der Waals surface area contributed by atoms with Crippen LogP contribution in [0.15, 0.2) is 21.2 Å². The van der Waals surface area contributed by atoms with E-state index in [2.05, 4.69) is 15.9 Å². The predicted molar refractivity (Wildman–Crippen MR) is 60.2 cm³/mol. The van der Waals surface area contributed by atoms with E-state index in [1.165, 1.54) is 11.0 Å². The Kier molecular flexibility index (Phi) is 4.12. The van der Waals surface area contributed by atoms with Crippen molar-refractivity contribution in [3.8, 4) is 0 Å². The van der Waals surface area contributed by atoms with Crippen LogP contribution in [0.4, 0.5) is 0 Å². The molecule has 1 aromatic heterocycles. The number of aliphatic carboxylic acids is 1. The van der Waals surface area contributed by atoms with Crippen molar-refractivity contribution in [1.82, 2.24) is 4.90 Å². The molecule has 0 aromatic carbocycles. The molecule has 0 saturated heterocycles. The van der Waals surface area contributed by atoms with Crippen LogP contribution in [0.1, 0.15) is 24.4 Å². The van der Waals surface area contributed by atoms with Crippen LogP contribution in [-0.2, 0) is 4.79 Å².